The summed E-state index contributed by atoms with van der Waals surface area (Å²) in [4.78, 5) is 19.1. The van der Waals surface area contributed by atoms with Crippen molar-refractivity contribution in [1.82, 2.24) is 0 Å². The molecule has 1 aromatic carbocycles. The van der Waals surface area contributed by atoms with E-state index in [2.05, 4.69) is 61.5 Å². The van der Waals surface area contributed by atoms with Crippen molar-refractivity contribution in [3.05, 3.63) is 29.3 Å². The predicted octanol–water partition coefficient (Wildman–Crippen LogP) is 11.6. The van der Waals surface area contributed by atoms with Gasteiger partial charge in [-0.05, 0) is 78.4 Å². The van der Waals surface area contributed by atoms with E-state index in [0.29, 0.717) is 17.6 Å². The molecule has 0 aromatic heterocycles. The highest BCUT2D eigenvalue weighted by molar-refractivity contribution is 7.46. The molecule has 0 saturated carbocycles. The van der Waals surface area contributed by atoms with E-state index in [1.54, 1.807) is 6.07 Å². The molecule has 0 aliphatic rings. The lowest BCUT2D eigenvalue weighted by Gasteiger charge is -2.20. The Bertz CT molecular complexity index is 846. The summed E-state index contributed by atoms with van der Waals surface area (Å²) >= 11 is 0. The average Bonchev–Trinajstić information content (AvgIpc) is 2.85. The molecule has 2 N–H and O–H groups in total. The molecule has 0 aliphatic carbocycles. The van der Waals surface area contributed by atoms with Gasteiger partial charge in [0.25, 0.3) is 0 Å². The maximum atomic E-state index is 11.7. The molecule has 5 heteroatoms. The predicted molar refractivity (Wildman–Crippen MR) is 177 cm³/mol. The molecule has 1 rings (SSSR count). The van der Waals surface area contributed by atoms with Gasteiger partial charge in [-0.15, -0.1) is 0 Å². The molecular weight excluding hydrogens is 527 g/mol. The van der Waals surface area contributed by atoms with Gasteiger partial charge in [0.1, 0.15) is 5.75 Å². The van der Waals surface area contributed by atoms with Gasteiger partial charge in [0.15, 0.2) is 0 Å². The molecule has 0 radical (unpaired) electrons. The quantitative estimate of drug-likeness (QED) is 0.117. The highest BCUT2D eigenvalue weighted by Gasteiger charge is 2.21. The van der Waals surface area contributed by atoms with E-state index in [1.807, 2.05) is 6.07 Å². The monoisotopic (exact) mass is 594 g/mol. The van der Waals surface area contributed by atoms with Crippen LogP contribution in [0, 0.1) is 35.5 Å². The summed E-state index contributed by atoms with van der Waals surface area (Å²) in [7, 11) is -4.60. The maximum absolute atomic E-state index is 11.7. The second kappa shape index (κ2) is 21.0. The normalized spacial score (nSPS) is 15.3. The first-order chi connectivity index (χ1) is 19.3. The number of phosphoric acid groups is 1. The van der Waals surface area contributed by atoms with E-state index >= 15 is 0 Å². The van der Waals surface area contributed by atoms with Gasteiger partial charge in [-0.1, -0.05) is 145 Å². The van der Waals surface area contributed by atoms with Crippen LogP contribution in [0.1, 0.15) is 156 Å². The molecule has 0 saturated heterocycles. The fraction of sp³-hybridized carbons (Fsp3) is 0.833. The zero-order valence-electron chi connectivity index (χ0n) is 28.2. The molecule has 4 atom stereocenters. The molecule has 0 fully saturated rings. The van der Waals surface area contributed by atoms with Gasteiger partial charge in [0, 0.05) is 0 Å². The van der Waals surface area contributed by atoms with Crippen molar-refractivity contribution < 1.29 is 18.9 Å². The second-order valence-electron chi connectivity index (χ2n) is 14.5. The summed E-state index contributed by atoms with van der Waals surface area (Å²) in [6.45, 7) is 18.7. The van der Waals surface area contributed by atoms with Crippen LogP contribution in [0.2, 0.25) is 0 Å². The lowest BCUT2D eigenvalue weighted by Crippen LogP contribution is -2.06. The van der Waals surface area contributed by atoms with E-state index in [0.717, 1.165) is 54.9 Å². The van der Waals surface area contributed by atoms with Crippen molar-refractivity contribution in [3.63, 3.8) is 0 Å². The molecule has 4 unspecified atom stereocenters. The minimum absolute atomic E-state index is 0.365. The van der Waals surface area contributed by atoms with Crippen LogP contribution in [0.3, 0.4) is 0 Å². The van der Waals surface area contributed by atoms with Crippen LogP contribution < -0.4 is 4.52 Å². The molecule has 4 nitrogen and oxygen atoms in total. The molecule has 0 heterocycles. The largest absolute Gasteiger partial charge is 0.524 e. The smallest absolute Gasteiger partial charge is 0.404 e. The highest BCUT2D eigenvalue weighted by atomic mass is 31.2. The van der Waals surface area contributed by atoms with Gasteiger partial charge in [-0.3, -0.25) is 9.79 Å². The fourth-order valence-electron chi connectivity index (χ4n) is 6.09. The Balaban J connectivity index is 2.61. The van der Waals surface area contributed by atoms with Crippen molar-refractivity contribution >= 4 is 7.82 Å². The summed E-state index contributed by atoms with van der Waals surface area (Å²) in [5.41, 5.74) is 2.19. The third-order valence-corrected chi connectivity index (χ3v) is 9.42. The minimum atomic E-state index is -4.60. The number of phosphoric ester groups is 1. The van der Waals surface area contributed by atoms with Crippen molar-refractivity contribution in [1.29, 1.82) is 0 Å². The van der Waals surface area contributed by atoms with Crippen LogP contribution in [0.4, 0.5) is 0 Å². The summed E-state index contributed by atoms with van der Waals surface area (Å²) in [5.74, 6) is 4.78. The third kappa shape index (κ3) is 19.9. The lowest BCUT2D eigenvalue weighted by atomic mass is 9.88. The standard InChI is InChI=1S/C36H67O4P/c1-28(2)14-9-16-30(5)18-11-20-32(7)24-26-34-22-13-23-36(40-41(37,38)39)35(34)27-25-33(8)21-12-19-31(6)17-10-15-29(3)4/h13,22-23,28-33H,9-12,14-21,24-27H2,1-8H3,(H2,37,38,39). The van der Waals surface area contributed by atoms with Gasteiger partial charge in [-0.2, -0.15) is 0 Å². The first-order valence-electron chi connectivity index (χ1n) is 17.1. The van der Waals surface area contributed by atoms with Gasteiger partial charge < -0.3 is 4.52 Å². The Morgan fingerprint density at radius 1 is 0.585 bits per heavy atom. The van der Waals surface area contributed by atoms with E-state index in [9.17, 15) is 14.4 Å². The number of aryl methyl sites for hydroxylation is 1. The summed E-state index contributed by atoms with van der Waals surface area (Å²) in [6, 6.07) is 5.75. The van der Waals surface area contributed by atoms with Crippen LogP contribution >= 0.6 is 7.82 Å². The second-order valence-corrected chi connectivity index (χ2v) is 15.6. The SMILES string of the molecule is CC(C)CCCC(C)CCCC(C)CCc1cccc(OP(=O)(O)O)c1CCC(C)CCCC(C)CCCC(C)C. The molecule has 1 aromatic rings. The highest BCUT2D eigenvalue weighted by Crippen LogP contribution is 2.41. The number of rotatable bonds is 24. The van der Waals surface area contributed by atoms with Crippen molar-refractivity contribution in [2.45, 2.75) is 158 Å². The van der Waals surface area contributed by atoms with Gasteiger partial charge in [0.2, 0.25) is 0 Å². The third-order valence-electron chi connectivity index (χ3n) is 8.99. The van der Waals surface area contributed by atoms with Crippen molar-refractivity contribution in [3.8, 4) is 5.75 Å². The summed E-state index contributed by atoms with van der Waals surface area (Å²) < 4.78 is 16.9. The Hall–Kier alpha value is -0.830. The summed E-state index contributed by atoms with van der Waals surface area (Å²) in [5, 5.41) is 0. The molecule has 240 valence electrons. The Morgan fingerprint density at radius 3 is 1.39 bits per heavy atom. The average molecular weight is 595 g/mol. The first-order valence-corrected chi connectivity index (χ1v) is 18.7. The molecule has 41 heavy (non-hydrogen) atoms. The van der Waals surface area contributed by atoms with Crippen LogP contribution in [0.5, 0.6) is 5.75 Å². The van der Waals surface area contributed by atoms with Crippen LogP contribution in [-0.4, -0.2) is 9.79 Å². The molecule has 0 bridgehead atoms. The maximum Gasteiger partial charge on any atom is 0.524 e. The fourth-order valence-corrected chi connectivity index (χ4v) is 6.52. The number of hydrogen-bond donors (Lipinski definition) is 2. The van der Waals surface area contributed by atoms with Gasteiger partial charge in [-0.25, -0.2) is 4.57 Å². The number of benzene rings is 1. The van der Waals surface area contributed by atoms with E-state index in [1.165, 1.54) is 82.6 Å². The first kappa shape index (κ1) is 38.2. The minimum Gasteiger partial charge on any atom is -0.404 e. The van der Waals surface area contributed by atoms with Gasteiger partial charge in [0.05, 0.1) is 0 Å². The zero-order chi connectivity index (χ0) is 30.8. The Labute approximate surface area is 255 Å². The van der Waals surface area contributed by atoms with Crippen molar-refractivity contribution in [2.75, 3.05) is 0 Å². The Morgan fingerprint density at radius 2 is 0.976 bits per heavy atom. The van der Waals surface area contributed by atoms with Crippen LogP contribution in [0.25, 0.3) is 0 Å². The van der Waals surface area contributed by atoms with Crippen LogP contribution in [0.15, 0.2) is 18.2 Å². The van der Waals surface area contributed by atoms with E-state index in [4.69, 9.17) is 4.52 Å². The van der Waals surface area contributed by atoms with E-state index in [-0.39, 0.29) is 0 Å². The molecule has 0 spiro atoms. The molecule has 0 amide bonds. The molecular formula is C36H67O4P. The number of hydrogen-bond acceptors (Lipinski definition) is 2. The van der Waals surface area contributed by atoms with Crippen LogP contribution in [-0.2, 0) is 17.4 Å². The van der Waals surface area contributed by atoms with E-state index < -0.39 is 7.82 Å². The van der Waals surface area contributed by atoms with Crippen molar-refractivity contribution in [2.24, 2.45) is 35.5 Å². The Kier molecular flexibility index (Phi) is 19.5. The summed E-state index contributed by atoms with van der Waals surface area (Å²) in [6.07, 6.45) is 19.5. The molecule has 0 aliphatic heterocycles. The lowest BCUT2D eigenvalue weighted by molar-refractivity contribution is 0.282. The topological polar surface area (TPSA) is 66.8 Å². The van der Waals surface area contributed by atoms with Gasteiger partial charge >= 0.3 is 7.82 Å². The zero-order valence-corrected chi connectivity index (χ0v) is 29.1.